The third-order valence-corrected chi connectivity index (χ3v) is 6.24. The summed E-state index contributed by atoms with van der Waals surface area (Å²) in [5, 5.41) is 0. The first kappa shape index (κ1) is 16.4. The van der Waals surface area contributed by atoms with Crippen molar-refractivity contribution < 1.29 is 23.5 Å². The number of hydrogen-bond acceptors (Lipinski definition) is 4. The van der Waals surface area contributed by atoms with Crippen LogP contribution in [0, 0.1) is 5.92 Å². The summed E-state index contributed by atoms with van der Waals surface area (Å²) >= 11 is 0. The summed E-state index contributed by atoms with van der Waals surface area (Å²) in [4.78, 5) is 10.0. The first-order valence-corrected chi connectivity index (χ1v) is 9.13. The Hall–Kier alpha value is 0.0700. The molecule has 1 heterocycles. The molecule has 0 aromatic rings. The van der Waals surface area contributed by atoms with Crippen LogP contribution in [0.1, 0.15) is 47.5 Å². The van der Waals surface area contributed by atoms with Gasteiger partial charge in [-0.3, -0.25) is 4.57 Å². The summed E-state index contributed by atoms with van der Waals surface area (Å²) in [7, 11) is -3.60. The molecule has 2 fully saturated rings. The molecule has 1 aliphatic heterocycles. The van der Waals surface area contributed by atoms with Gasteiger partial charge in [-0.2, -0.15) is 0 Å². The van der Waals surface area contributed by atoms with Gasteiger partial charge in [0.15, 0.2) is 0 Å². The van der Waals surface area contributed by atoms with Gasteiger partial charge in [0.2, 0.25) is 0 Å². The topological polar surface area (TPSA) is 65.0 Å². The second-order valence-corrected chi connectivity index (χ2v) is 9.01. The highest BCUT2D eigenvalue weighted by Crippen LogP contribution is 2.58. The van der Waals surface area contributed by atoms with E-state index in [9.17, 15) is 9.46 Å². The third-order valence-electron chi connectivity index (χ3n) is 4.41. The Morgan fingerprint density at radius 1 is 1.40 bits per heavy atom. The lowest BCUT2D eigenvalue weighted by Crippen LogP contribution is -2.43. The number of ether oxygens (including phenoxy) is 2. The zero-order valence-corrected chi connectivity index (χ0v) is 13.9. The van der Waals surface area contributed by atoms with E-state index in [4.69, 9.17) is 14.0 Å². The van der Waals surface area contributed by atoms with Crippen molar-refractivity contribution in [2.24, 2.45) is 5.92 Å². The molecular formula is C14H27O5P. The summed E-state index contributed by atoms with van der Waals surface area (Å²) in [6, 6.07) is 0. The highest BCUT2D eigenvalue weighted by atomic mass is 31.2. The maximum absolute atomic E-state index is 12.2. The fourth-order valence-electron chi connectivity index (χ4n) is 3.11. The maximum atomic E-state index is 12.2. The molecular weight excluding hydrogens is 279 g/mol. The number of rotatable bonds is 6. The second kappa shape index (κ2) is 5.69. The minimum Gasteiger partial charge on any atom is -0.376 e. The van der Waals surface area contributed by atoms with Gasteiger partial charge in [0, 0.05) is 5.92 Å². The SMILES string of the molecule is CC(C)OC[C@]12CCC([C@H](C)O1)[C@H]2OP(=O)(O)C(C)C. The summed E-state index contributed by atoms with van der Waals surface area (Å²) in [5.41, 5.74) is -0.956. The molecule has 0 amide bonds. The van der Waals surface area contributed by atoms with Crippen LogP contribution in [0.3, 0.4) is 0 Å². The van der Waals surface area contributed by atoms with Crippen molar-refractivity contribution in [3.63, 3.8) is 0 Å². The van der Waals surface area contributed by atoms with Crippen LogP contribution in [0.2, 0.25) is 0 Å². The van der Waals surface area contributed by atoms with Crippen LogP contribution in [-0.2, 0) is 18.6 Å². The van der Waals surface area contributed by atoms with Gasteiger partial charge >= 0.3 is 7.60 Å². The normalized spacial score (nSPS) is 39.7. The van der Waals surface area contributed by atoms with E-state index in [0.717, 1.165) is 12.8 Å². The van der Waals surface area contributed by atoms with Crippen molar-refractivity contribution in [2.75, 3.05) is 6.61 Å². The van der Waals surface area contributed by atoms with Crippen molar-refractivity contribution in [1.29, 1.82) is 0 Å². The van der Waals surface area contributed by atoms with Crippen molar-refractivity contribution in [3.05, 3.63) is 0 Å². The predicted molar refractivity (Wildman–Crippen MR) is 76.9 cm³/mol. The van der Waals surface area contributed by atoms with E-state index in [1.807, 2.05) is 20.8 Å². The zero-order chi connectivity index (χ0) is 15.1. The largest absolute Gasteiger partial charge is 0.376 e. The molecule has 1 N–H and O–H groups in total. The third kappa shape index (κ3) is 2.97. The molecule has 20 heavy (non-hydrogen) atoms. The Labute approximate surface area is 121 Å². The van der Waals surface area contributed by atoms with E-state index in [-0.39, 0.29) is 24.2 Å². The second-order valence-electron chi connectivity index (χ2n) is 6.63. The Balaban J connectivity index is 2.15. The van der Waals surface area contributed by atoms with Crippen molar-refractivity contribution in [3.8, 4) is 0 Å². The number of hydrogen-bond donors (Lipinski definition) is 1. The molecule has 1 saturated carbocycles. The van der Waals surface area contributed by atoms with Gasteiger partial charge in [-0.15, -0.1) is 0 Å². The molecule has 2 unspecified atom stereocenters. The lowest BCUT2D eigenvalue weighted by molar-refractivity contribution is -0.133. The fourth-order valence-corrected chi connectivity index (χ4v) is 4.03. The summed E-state index contributed by atoms with van der Waals surface area (Å²) < 4.78 is 29.7. The van der Waals surface area contributed by atoms with Crippen LogP contribution >= 0.6 is 7.60 Å². The average Bonchev–Trinajstić information content (AvgIpc) is 2.77. The molecule has 5 atom stereocenters. The Kier molecular flexibility index (Phi) is 4.68. The van der Waals surface area contributed by atoms with E-state index in [0.29, 0.717) is 6.61 Å². The molecule has 1 aliphatic carbocycles. The van der Waals surface area contributed by atoms with Crippen molar-refractivity contribution in [1.82, 2.24) is 0 Å². The maximum Gasteiger partial charge on any atom is 0.330 e. The summed E-state index contributed by atoms with van der Waals surface area (Å²) in [6.45, 7) is 9.80. The molecule has 118 valence electrons. The molecule has 0 aromatic carbocycles. The number of fused-ring (bicyclic) bond motifs is 2. The molecule has 2 bridgehead atoms. The van der Waals surface area contributed by atoms with Crippen molar-refractivity contribution in [2.45, 2.75) is 77.0 Å². The summed E-state index contributed by atoms with van der Waals surface area (Å²) in [5.74, 6) is 0.185. The van der Waals surface area contributed by atoms with Gasteiger partial charge in [0.1, 0.15) is 11.7 Å². The highest BCUT2D eigenvalue weighted by molar-refractivity contribution is 7.53. The molecule has 0 radical (unpaired) electrons. The molecule has 5 nitrogen and oxygen atoms in total. The zero-order valence-electron chi connectivity index (χ0n) is 13.0. The Morgan fingerprint density at radius 2 is 2.05 bits per heavy atom. The van der Waals surface area contributed by atoms with Gasteiger partial charge in [-0.05, 0) is 33.6 Å². The van der Waals surface area contributed by atoms with Gasteiger partial charge in [0.05, 0.1) is 24.5 Å². The first-order chi connectivity index (χ1) is 9.18. The standard InChI is InChI=1S/C14H27O5P/c1-9(2)17-8-14-7-6-12(11(5)18-14)13(14)19-20(15,16)10(3)4/h9-13H,6-8H2,1-5H3,(H,15,16)/t11-,12?,13+,14-/m0/s1. The molecule has 2 rings (SSSR count). The fraction of sp³-hybridized carbons (Fsp3) is 1.00. The Bertz CT molecular complexity index is 397. The van der Waals surface area contributed by atoms with E-state index in [1.165, 1.54) is 0 Å². The first-order valence-electron chi connectivity index (χ1n) is 7.48. The van der Waals surface area contributed by atoms with Gasteiger partial charge in [-0.25, -0.2) is 0 Å². The quantitative estimate of drug-likeness (QED) is 0.764. The van der Waals surface area contributed by atoms with Gasteiger partial charge in [-0.1, -0.05) is 13.8 Å². The van der Waals surface area contributed by atoms with E-state index in [2.05, 4.69) is 0 Å². The Morgan fingerprint density at radius 3 is 2.55 bits per heavy atom. The highest BCUT2D eigenvalue weighted by Gasteiger charge is 2.61. The molecule has 1 saturated heterocycles. The minimum atomic E-state index is -3.60. The predicted octanol–water partition coefficient (Wildman–Crippen LogP) is 2.96. The lowest BCUT2D eigenvalue weighted by atomic mass is 9.99. The van der Waals surface area contributed by atoms with Crippen LogP contribution in [0.15, 0.2) is 0 Å². The van der Waals surface area contributed by atoms with Crippen LogP contribution in [0.5, 0.6) is 0 Å². The molecule has 2 aliphatic rings. The van der Waals surface area contributed by atoms with Crippen LogP contribution < -0.4 is 0 Å². The van der Waals surface area contributed by atoms with E-state index >= 15 is 0 Å². The molecule has 0 spiro atoms. The minimum absolute atomic E-state index is 0.0525. The lowest BCUT2D eigenvalue weighted by Gasteiger charge is -2.33. The van der Waals surface area contributed by atoms with Crippen LogP contribution in [0.25, 0.3) is 0 Å². The van der Waals surface area contributed by atoms with E-state index in [1.54, 1.807) is 13.8 Å². The smallest absolute Gasteiger partial charge is 0.330 e. The van der Waals surface area contributed by atoms with Gasteiger partial charge < -0.3 is 18.9 Å². The average molecular weight is 306 g/mol. The summed E-state index contributed by atoms with van der Waals surface area (Å²) in [6.07, 6.45) is 1.61. The van der Waals surface area contributed by atoms with Crippen LogP contribution in [-0.4, -0.2) is 41.1 Å². The van der Waals surface area contributed by atoms with E-state index < -0.39 is 18.9 Å². The van der Waals surface area contributed by atoms with Gasteiger partial charge in [0.25, 0.3) is 0 Å². The molecule has 6 heteroatoms. The van der Waals surface area contributed by atoms with Crippen LogP contribution in [0.4, 0.5) is 0 Å². The monoisotopic (exact) mass is 306 g/mol. The van der Waals surface area contributed by atoms with Crippen molar-refractivity contribution >= 4 is 7.60 Å². The molecule has 0 aromatic heterocycles.